The van der Waals surface area contributed by atoms with Crippen molar-refractivity contribution in [2.45, 2.75) is 13.8 Å². The molecule has 0 spiro atoms. The third-order valence-electron chi connectivity index (χ3n) is 3.46. The number of aryl methyl sites for hydroxylation is 2. The zero-order valence-electron chi connectivity index (χ0n) is 12.4. The molecule has 0 saturated carbocycles. The van der Waals surface area contributed by atoms with E-state index in [1.165, 1.54) is 16.0 Å². The normalized spacial score (nSPS) is 10.6. The Balaban J connectivity index is 1.95. The summed E-state index contributed by atoms with van der Waals surface area (Å²) in [5.41, 5.74) is 4.60. The van der Waals surface area contributed by atoms with Gasteiger partial charge in [-0.1, -0.05) is 36.4 Å². The second-order valence-corrected chi connectivity index (χ2v) is 6.35. The van der Waals surface area contributed by atoms with Gasteiger partial charge in [-0.25, -0.2) is 4.98 Å². The van der Waals surface area contributed by atoms with Gasteiger partial charge in [0.2, 0.25) is 0 Å². The van der Waals surface area contributed by atoms with Crippen molar-refractivity contribution in [3.8, 4) is 28.1 Å². The van der Waals surface area contributed by atoms with E-state index >= 15 is 0 Å². The molecule has 2 aromatic carbocycles. The van der Waals surface area contributed by atoms with E-state index in [9.17, 15) is 0 Å². The first kappa shape index (κ1) is 13.8. The van der Waals surface area contributed by atoms with Gasteiger partial charge < -0.3 is 4.74 Å². The highest BCUT2D eigenvalue weighted by Crippen LogP contribution is 2.30. The minimum Gasteiger partial charge on any atom is -0.497 e. The number of hydrogen-bond donors (Lipinski definition) is 0. The van der Waals surface area contributed by atoms with Crippen LogP contribution in [-0.4, -0.2) is 12.1 Å². The standard InChI is InChI=1S/C18H17NOS/c1-12-18(19-13(2)21-12)15-9-7-14(8-10-15)16-5-4-6-17(11-16)20-3/h4-11H,1-3H3. The summed E-state index contributed by atoms with van der Waals surface area (Å²) >= 11 is 1.74. The predicted octanol–water partition coefficient (Wildman–Crippen LogP) is 5.10. The number of thiazole rings is 1. The molecule has 0 aliphatic heterocycles. The van der Waals surface area contributed by atoms with Gasteiger partial charge in [-0.2, -0.15) is 0 Å². The molecule has 106 valence electrons. The maximum atomic E-state index is 5.28. The van der Waals surface area contributed by atoms with E-state index in [2.05, 4.69) is 42.2 Å². The summed E-state index contributed by atoms with van der Waals surface area (Å²) in [6, 6.07) is 16.7. The summed E-state index contributed by atoms with van der Waals surface area (Å²) < 4.78 is 5.28. The Morgan fingerprint density at radius 3 is 2.24 bits per heavy atom. The molecule has 0 unspecified atom stereocenters. The molecular formula is C18H17NOS. The lowest BCUT2D eigenvalue weighted by molar-refractivity contribution is 0.415. The number of methoxy groups -OCH3 is 1. The van der Waals surface area contributed by atoms with E-state index in [-0.39, 0.29) is 0 Å². The molecule has 0 aliphatic rings. The Hall–Kier alpha value is -2.13. The zero-order chi connectivity index (χ0) is 14.8. The van der Waals surface area contributed by atoms with Gasteiger partial charge in [0.05, 0.1) is 17.8 Å². The average Bonchev–Trinajstić information content (AvgIpc) is 2.86. The van der Waals surface area contributed by atoms with Crippen molar-refractivity contribution in [3.63, 3.8) is 0 Å². The van der Waals surface area contributed by atoms with Crippen LogP contribution in [0.5, 0.6) is 5.75 Å². The van der Waals surface area contributed by atoms with E-state index in [0.717, 1.165) is 22.0 Å². The van der Waals surface area contributed by atoms with Gasteiger partial charge in [0, 0.05) is 10.4 Å². The predicted molar refractivity (Wildman–Crippen MR) is 89.0 cm³/mol. The fraction of sp³-hybridized carbons (Fsp3) is 0.167. The Morgan fingerprint density at radius 1 is 0.905 bits per heavy atom. The van der Waals surface area contributed by atoms with Crippen LogP contribution in [-0.2, 0) is 0 Å². The average molecular weight is 295 g/mol. The first-order valence-electron chi connectivity index (χ1n) is 6.86. The smallest absolute Gasteiger partial charge is 0.119 e. The van der Waals surface area contributed by atoms with Crippen LogP contribution in [0.15, 0.2) is 48.5 Å². The summed E-state index contributed by atoms with van der Waals surface area (Å²) in [5.74, 6) is 0.877. The number of aromatic nitrogens is 1. The lowest BCUT2D eigenvalue weighted by atomic mass is 10.0. The van der Waals surface area contributed by atoms with Crippen molar-refractivity contribution in [2.24, 2.45) is 0 Å². The second-order valence-electron chi connectivity index (χ2n) is 4.95. The van der Waals surface area contributed by atoms with Crippen molar-refractivity contribution in [1.29, 1.82) is 0 Å². The van der Waals surface area contributed by atoms with Gasteiger partial charge in [0.15, 0.2) is 0 Å². The number of benzene rings is 2. The minimum absolute atomic E-state index is 0.877. The number of ether oxygens (including phenoxy) is 1. The fourth-order valence-corrected chi connectivity index (χ4v) is 3.26. The van der Waals surface area contributed by atoms with Gasteiger partial charge in [0.25, 0.3) is 0 Å². The monoisotopic (exact) mass is 295 g/mol. The zero-order valence-corrected chi connectivity index (χ0v) is 13.2. The van der Waals surface area contributed by atoms with Crippen LogP contribution in [0.4, 0.5) is 0 Å². The van der Waals surface area contributed by atoms with Crippen molar-refractivity contribution in [1.82, 2.24) is 4.98 Å². The van der Waals surface area contributed by atoms with Gasteiger partial charge in [0.1, 0.15) is 5.75 Å². The van der Waals surface area contributed by atoms with Crippen LogP contribution in [0.1, 0.15) is 9.88 Å². The van der Waals surface area contributed by atoms with Gasteiger partial charge in [-0.15, -0.1) is 11.3 Å². The molecule has 0 aliphatic carbocycles. The number of rotatable bonds is 3. The van der Waals surface area contributed by atoms with Gasteiger partial charge >= 0.3 is 0 Å². The molecular weight excluding hydrogens is 278 g/mol. The van der Waals surface area contributed by atoms with E-state index in [1.54, 1.807) is 18.4 Å². The third-order valence-corrected chi connectivity index (χ3v) is 4.35. The molecule has 0 atom stereocenters. The summed E-state index contributed by atoms with van der Waals surface area (Å²) in [6.45, 7) is 4.17. The van der Waals surface area contributed by atoms with Crippen LogP contribution >= 0.6 is 11.3 Å². The highest BCUT2D eigenvalue weighted by atomic mass is 32.1. The lowest BCUT2D eigenvalue weighted by Gasteiger charge is -2.06. The van der Waals surface area contributed by atoms with Gasteiger partial charge in [-0.3, -0.25) is 0 Å². The molecule has 3 rings (SSSR count). The molecule has 0 amide bonds. The SMILES string of the molecule is COc1cccc(-c2ccc(-c3nc(C)sc3C)cc2)c1. The van der Waals surface area contributed by atoms with Crippen LogP contribution in [0.3, 0.4) is 0 Å². The molecule has 0 saturated heterocycles. The molecule has 21 heavy (non-hydrogen) atoms. The van der Waals surface area contributed by atoms with Crippen LogP contribution in [0, 0.1) is 13.8 Å². The van der Waals surface area contributed by atoms with Crippen molar-refractivity contribution in [3.05, 3.63) is 58.4 Å². The van der Waals surface area contributed by atoms with E-state index in [4.69, 9.17) is 4.74 Å². The first-order valence-corrected chi connectivity index (χ1v) is 7.68. The Labute approximate surface area is 129 Å². The largest absolute Gasteiger partial charge is 0.497 e. The lowest BCUT2D eigenvalue weighted by Crippen LogP contribution is -1.85. The Morgan fingerprint density at radius 2 is 1.62 bits per heavy atom. The van der Waals surface area contributed by atoms with Crippen LogP contribution in [0.2, 0.25) is 0 Å². The number of hydrogen-bond acceptors (Lipinski definition) is 3. The van der Waals surface area contributed by atoms with Crippen molar-refractivity contribution in [2.75, 3.05) is 7.11 Å². The highest BCUT2D eigenvalue weighted by molar-refractivity contribution is 7.11. The van der Waals surface area contributed by atoms with Crippen LogP contribution in [0.25, 0.3) is 22.4 Å². The first-order chi connectivity index (χ1) is 10.2. The minimum atomic E-state index is 0.877. The van der Waals surface area contributed by atoms with E-state index < -0.39 is 0 Å². The highest BCUT2D eigenvalue weighted by Gasteiger charge is 2.08. The molecule has 1 heterocycles. The molecule has 0 fully saturated rings. The quantitative estimate of drug-likeness (QED) is 0.670. The Bertz CT molecular complexity index is 759. The second kappa shape index (κ2) is 5.70. The van der Waals surface area contributed by atoms with Crippen molar-refractivity contribution >= 4 is 11.3 Å². The fourth-order valence-electron chi connectivity index (χ4n) is 2.42. The molecule has 0 radical (unpaired) electrons. The van der Waals surface area contributed by atoms with Gasteiger partial charge in [-0.05, 0) is 37.1 Å². The summed E-state index contributed by atoms with van der Waals surface area (Å²) in [5, 5.41) is 1.11. The summed E-state index contributed by atoms with van der Waals surface area (Å²) in [6.07, 6.45) is 0. The van der Waals surface area contributed by atoms with E-state index in [0.29, 0.717) is 0 Å². The molecule has 0 N–H and O–H groups in total. The molecule has 3 heteroatoms. The maximum absolute atomic E-state index is 5.28. The van der Waals surface area contributed by atoms with Crippen molar-refractivity contribution < 1.29 is 4.74 Å². The number of nitrogens with zero attached hydrogens (tertiary/aromatic N) is 1. The molecule has 3 aromatic rings. The van der Waals surface area contributed by atoms with E-state index in [1.807, 2.05) is 25.1 Å². The maximum Gasteiger partial charge on any atom is 0.119 e. The summed E-state index contributed by atoms with van der Waals surface area (Å²) in [4.78, 5) is 5.87. The molecule has 0 bridgehead atoms. The Kier molecular flexibility index (Phi) is 3.76. The topological polar surface area (TPSA) is 22.1 Å². The molecule has 1 aromatic heterocycles. The summed E-state index contributed by atoms with van der Waals surface area (Å²) in [7, 11) is 1.69. The third kappa shape index (κ3) is 2.83. The molecule has 2 nitrogen and oxygen atoms in total. The van der Waals surface area contributed by atoms with Crippen LogP contribution < -0.4 is 4.74 Å².